The number of rotatable bonds is 10. The molecular formula is C25H26N2O7. The van der Waals surface area contributed by atoms with E-state index >= 15 is 0 Å². The van der Waals surface area contributed by atoms with E-state index in [1.54, 1.807) is 6.92 Å². The lowest BCUT2D eigenvalue weighted by molar-refractivity contribution is -0.148. The summed E-state index contributed by atoms with van der Waals surface area (Å²) >= 11 is 0. The lowest BCUT2D eigenvalue weighted by atomic mass is 10.0. The zero-order valence-electron chi connectivity index (χ0n) is 19.2. The molecule has 0 aliphatic heterocycles. The molecule has 0 fully saturated rings. The highest BCUT2D eigenvalue weighted by molar-refractivity contribution is 5.97. The molecule has 1 atom stereocenters. The molecule has 0 saturated heterocycles. The van der Waals surface area contributed by atoms with Crippen molar-refractivity contribution in [1.29, 1.82) is 0 Å². The van der Waals surface area contributed by atoms with Crippen LogP contribution < -0.4 is 14.8 Å². The zero-order valence-corrected chi connectivity index (χ0v) is 19.2. The fourth-order valence-corrected chi connectivity index (χ4v) is 3.39. The molecule has 0 radical (unpaired) electrons. The fraction of sp³-hybridized carbons (Fsp3) is 0.280. The van der Waals surface area contributed by atoms with Crippen LogP contribution in [0.2, 0.25) is 0 Å². The molecule has 9 heteroatoms. The third-order valence-corrected chi connectivity index (χ3v) is 4.88. The van der Waals surface area contributed by atoms with Gasteiger partial charge in [0.1, 0.15) is 12.6 Å². The number of aromatic nitrogens is 1. The van der Waals surface area contributed by atoms with E-state index < -0.39 is 30.7 Å². The van der Waals surface area contributed by atoms with Gasteiger partial charge in [0.05, 0.1) is 7.11 Å². The molecule has 0 aliphatic carbocycles. The number of carbonyl (C=O) groups is 3. The van der Waals surface area contributed by atoms with Crippen molar-refractivity contribution in [1.82, 2.24) is 10.3 Å². The second-order valence-electron chi connectivity index (χ2n) is 7.41. The van der Waals surface area contributed by atoms with Crippen LogP contribution in [-0.4, -0.2) is 49.4 Å². The summed E-state index contributed by atoms with van der Waals surface area (Å²) in [5.41, 5.74) is 0.945. The molecule has 0 bridgehead atoms. The Balaban J connectivity index is 1.58. The van der Waals surface area contributed by atoms with Crippen molar-refractivity contribution < 1.29 is 33.3 Å². The predicted octanol–water partition coefficient (Wildman–Crippen LogP) is 3.05. The molecule has 3 rings (SSSR count). The minimum atomic E-state index is -0.671. The lowest BCUT2D eigenvalue weighted by Crippen LogP contribution is -2.33. The van der Waals surface area contributed by atoms with Crippen LogP contribution >= 0.6 is 0 Å². The number of carbonyl (C=O) groups excluding carboxylic acids is 3. The first-order chi connectivity index (χ1) is 16.4. The minimum absolute atomic E-state index is 0.0126. The number of nitrogens with one attached hydrogen (secondary N) is 1. The highest BCUT2D eigenvalue weighted by atomic mass is 16.7. The maximum Gasteiger partial charge on any atom is 0.325 e. The summed E-state index contributed by atoms with van der Waals surface area (Å²) in [5, 5.41) is 4.69. The highest BCUT2D eigenvalue weighted by Gasteiger charge is 2.21. The predicted molar refractivity (Wildman–Crippen MR) is 124 cm³/mol. The number of hydrogen-bond acceptors (Lipinski definition) is 8. The Bertz CT molecular complexity index is 1170. The Morgan fingerprint density at radius 3 is 2.59 bits per heavy atom. The lowest BCUT2D eigenvalue weighted by Gasteiger charge is -2.16. The molecule has 1 heterocycles. The van der Waals surface area contributed by atoms with Crippen molar-refractivity contribution in [2.45, 2.75) is 26.4 Å². The smallest absolute Gasteiger partial charge is 0.325 e. The molecule has 1 aromatic heterocycles. The Morgan fingerprint density at radius 2 is 1.82 bits per heavy atom. The first-order valence-corrected chi connectivity index (χ1v) is 10.6. The topological polar surface area (TPSA) is 113 Å². The van der Waals surface area contributed by atoms with Gasteiger partial charge in [-0.25, -0.2) is 4.98 Å². The summed E-state index contributed by atoms with van der Waals surface area (Å²) in [4.78, 5) is 39.9. The number of ether oxygens (including phenoxy) is 4. The summed E-state index contributed by atoms with van der Waals surface area (Å²) < 4.78 is 20.8. The van der Waals surface area contributed by atoms with Gasteiger partial charge >= 0.3 is 11.9 Å². The van der Waals surface area contributed by atoms with Gasteiger partial charge in [0.15, 0.2) is 17.2 Å². The fourth-order valence-electron chi connectivity index (χ4n) is 3.39. The van der Waals surface area contributed by atoms with Crippen LogP contribution in [0.3, 0.4) is 0 Å². The molecule has 34 heavy (non-hydrogen) atoms. The van der Waals surface area contributed by atoms with Crippen LogP contribution in [-0.2, 0) is 25.5 Å². The van der Waals surface area contributed by atoms with Gasteiger partial charge in [-0.15, -0.1) is 0 Å². The second kappa shape index (κ2) is 11.6. The van der Waals surface area contributed by atoms with Crippen molar-refractivity contribution in [3.63, 3.8) is 0 Å². The van der Waals surface area contributed by atoms with Crippen molar-refractivity contribution in [3.8, 4) is 11.5 Å². The van der Waals surface area contributed by atoms with Gasteiger partial charge in [-0.2, -0.15) is 0 Å². The monoisotopic (exact) mass is 466 g/mol. The van der Waals surface area contributed by atoms with Gasteiger partial charge in [-0.1, -0.05) is 42.5 Å². The molecule has 0 saturated carbocycles. The molecule has 2 aromatic carbocycles. The number of pyridine rings is 1. The van der Waals surface area contributed by atoms with Crippen LogP contribution in [0.4, 0.5) is 0 Å². The SMILES string of the molecule is COc1ccnc(C(=O)NCC(=O)OC(C)Cc2cccc3ccccc23)c1OCOC(C)=O. The summed E-state index contributed by atoms with van der Waals surface area (Å²) in [6.45, 7) is 2.24. The van der Waals surface area contributed by atoms with E-state index in [1.807, 2.05) is 42.5 Å². The average Bonchev–Trinajstić information content (AvgIpc) is 2.82. The van der Waals surface area contributed by atoms with Crippen LogP contribution in [0.25, 0.3) is 10.8 Å². The number of amides is 1. The average molecular weight is 466 g/mol. The van der Waals surface area contributed by atoms with Gasteiger partial charge in [-0.05, 0) is 23.3 Å². The molecule has 178 valence electrons. The van der Waals surface area contributed by atoms with Crippen molar-refractivity contribution in [3.05, 3.63) is 66.0 Å². The van der Waals surface area contributed by atoms with Crippen molar-refractivity contribution in [2.75, 3.05) is 20.4 Å². The number of hydrogen-bond donors (Lipinski definition) is 1. The normalized spacial score (nSPS) is 11.4. The largest absolute Gasteiger partial charge is 0.493 e. The number of methoxy groups -OCH3 is 1. The van der Waals surface area contributed by atoms with Crippen LogP contribution in [0.5, 0.6) is 11.5 Å². The van der Waals surface area contributed by atoms with Crippen molar-refractivity contribution >= 4 is 28.6 Å². The Hall–Kier alpha value is -4.14. The second-order valence-corrected chi connectivity index (χ2v) is 7.41. The molecule has 1 amide bonds. The maximum absolute atomic E-state index is 12.6. The Kier molecular flexibility index (Phi) is 8.39. The molecule has 1 N–H and O–H groups in total. The summed E-state index contributed by atoms with van der Waals surface area (Å²) in [6, 6.07) is 15.5. The first-order valence-electron chi connectivity index (χ1n) is 10.6. The van der Waals surface area contributed by atoms with Gasteiger partial charge < -0.3 is 24.3 Å². The van der Waals surface area contributed by atoms with E-state index in [0.29, 0.717) is 6.42 Å². The standard InChI is InChI=1S/C25H26N2O7/c1-16(13-19-9-6-8-18-7-4-5-10-20(18)19)34-22(29)14-27-25(30)23-24(33-15-32-17(2)28)21(31-3)11-12-26-23/h4-12,16H,13-15H2,1-3H3,(H,27,30). The van der Waals surface area contributed by atoms with Crippen LogP contribution in [0.15, 0.2) is 54.7 Å². The summed E-state index contributed by atoms with van der Waals surface area (Å²) in [5.74, 6) is -1.60. The third-order valence-electron chi connectivity index (χ3n) is 4.88. The van der Waals surface area contributed by atoms with E-state index in [2.05, 4.69) is 10.3 Å². The summed E-state index contributed by atoms with van der Waals surface area (Å²) in [6.07, 6.45) is 1.50. The number of fused-ring (bicyclic) bond motifs is 1. The first kappa shape index (κ1) is 24.5. The maximum atomic E-state index is 12.6. The molecule has 9 nitrogen and oxygen atoms in total. The molecule has 0 spiro atoms. The van der Waals surface area contributed by atoms with E-state index in [1.165, 1.54) is 26.3 Å². The zero-order chi connectivity index (χ0) is 24.5. The van der Waals surface area contributed by atoms with Gasteiger partial charge in [0.2, 0.25) is 6.79 Å². The van der Waals surface area contributed by atoms with E-state index in [0.717, 1.165) is 16.3 Å². The number of esters is 2. The van der Waals surface area contributed by atoms with Crippen LogP contribution in [0.1, 0.15) is 29.9 Å². The Labute approximate surface area is 197 Å². The quantitative estimate of drug-likeness (QED) is 0.358. The Morgan fingerprint density at radius 1 is 1.06 bits per heavy atom. The minimum Gasteiger partial charge on any atom is -0.493 e. The van der Waals surface area contributed by atoms with Gasteiger partial charge in [0.25, 0.3) is 5.91 Å². The molecule has 0 aliphatic rings. The van der Waals surface area contributed by atoms with E-state index in [-0.39, 0.29) is 23.7 Å². The highest BCUT2D eigenvalue weighted by Crippen LogP contribution is 2.29. The van der Waals surface area contributed by atoms with E-state index in [9.17, 15) is 14.4 Å². The van der Waals surface area contributed by atoms with Crippen LogP contribution in [0, 0.1) is 0 Å². The molecule has 3 aromatic rings. The van der Waals surface area contributed by atoms with Gasteiger partial charge in [-0.3, -0.25) is 14.4 Å². The number of benzene rings is 2. The van der Waals surface area contributed by atoms with Gasteiger partial charge in [0, 0.05) is 25.6 Å². The summed E-state index contributed by atoms with van der Waals surface area (Å²) in [7, 11) is 1.39. The van der Waals surface area contributed by atoms with Crippen molar-refractivity contribution in [2.24, 2.45) is 0 Å². The molecular weight excluding hydrogens is 440 g/mol. The molecule has 1 unspecified atom stereocenters. The third kappa shape index (κ3) is 6.44. The van der Waals surface area contributed by atoms with E-state index in [4.69, 9.17) is 18.9 Å². The number of nitrogens with zero attached hydrogens (tertiary/aromatic N) is 1.